The molecule has 0 aliphatic carbocycles. The summed E-state index contributed by atoms with van der Waals surface area (Å²) in [5.41, 5.74) is -2.75. The highest BCUT2D eigenvalue weighted by atomic mass is 16.4. The van der Waals surface area contributed by atoms with Crippen molar-refractivity contribution in [2.45, 2.75) is 64.3 Å². The third-order valence-corrected chi connectivity index (χ3v) is 2.93. The SMILES string of the molecule is CCCCCCC1=NC(C)(O)C(C)(O)N1. The molecule has 2 unspecified atom stereocenters. The Bertz CT molecular complexity index is 247. The van der Waals surface area contributed by atoms with Crippen molar-refractivity contribution in [2.24, 2.45) is 4.99 Å². The molecule has 1 aliphatic rings. The van der Waals surface area contributed by atoms with E-state index in [2.05, 4.69) is 17.2 Å². The van der Waals surface area contributed by atoms with E-state index in [1.165, 1.54) is 33.1 Å². The zero-order valence-corrected chi connectivity index (χ0v) is 9.88. The van der Waals surface area contributed by atoms with Crippen molar-refractivity contribution in [3.63, 3.8) is 0 Å². The van der Waals surface area contributed by atoms with Gasteiger partial charge < -0.3 is 15.5 Å². The summed E-state index contributed by atoms with van der Waals surface area (Å²) in [5.74, 6) is 0.709. The molecule has 0 aromatic rings. The van der Waals surface area contributed by atoms with Crippen molar-refractivity contribution in [3.8, 4) is 0 Å². The molecule has 1 rings (SSSR count). The maximum atomic E-state index is 9.82. The second kappa shape index (κ2) is 4.49. The van der Waals surface area contributed by atoms with Gasteiger partial charge in [0.2, 0.25) is 5.72 Å². The van der Waals surface area contributed by atoms with E-state index in [0.717, 1.165) is 12.8 Å². The van der Waals surface area contributed by atoms with Gasteiger partial charge in [-0.05, 0) is 20.3 Å². The lowest BCUT2D eigenvalue weighted by Crippen LogP contribution is -2.54. The van der Waals surface area contributed by atoms with E-state index in [9.17, 15) is 10.2 Å². The quantitative estimate of drug-likeness (QED) is 0.606. The van der Waals surface area contributed by atoms with Crippen molar-refractivity contribution in [2.75, 3.05) is 0 Å². The molecule has 0 aromatic carbocycles. The Morgan fingerprint density at radius 2 is 1.87 bits per heavy atom. The molecular formula is C11H22N2O2. The summed E-state index contributed by atoms with van der Waals surface area (Å²) in [5, 5.41) is 22.5. The number of nitrogens with one attached hydrogen (secondary N) is 1. The van der Waals surface area contributed by atoms with Crippen LogP contribution in [0.2, 0.25) is 0 Å². The number of amidine groups is 1. The van der Waals surface area contributed by atoms with Gasteiger partial charge in [-0.25, -0.2) is 4.99 Å². The molecule has 0 radical (unpaired) electrons. The van der Waals surface area contributed by atoms with Crippen LogP contribution in [0.4, 0.5) is 0 Å². The smallest absolute Gasteiger partial charge is 0.202 e. The van der Waals surface area contributed by atoms with Gasteiger partial charge in [0.25, 0.3) is 0 Å². The normalized spacial score (nSPS) is 35.1. The highest BCUT2D eigenvalue weighted by molar-refractivity contribution is 5.85. The zero-order valence-electron chi connectivity index (χ0n) is 9.88. The predicted molar refractivity (Wildman–Crippen MR) is 60.6 cm³/mol. The van der Waals surface area contributed by atoms with Gasteiger partial charge in [0, 0.05) is 6.42 Å². The molecule has 88 valence electrons. The van der Waals surface area contributed by atoms with Crippen molar-refractivity contribution in [3.05, 3.63) is 0 Å². The number of hydrogen-bond acceptors (Lipinski definition) is 4. The van der Waals surface area contributed by atoms with Crippen LogP contribution in [0.15, 0.2) is 4.99 Å². The van der Waals surface area contributed by atoms with E-state index in [0.29, 0.717) is 5.84 Å². The molecule has 0 amide bonds. The van der Waals surface area contributed by atoms with Crippen LogP contribution in [0, 0.1) is 0 Å². The Labute approximate surface area is 91.4 Å². The van der Waals surface area contributed by atoms with Crippen LogP contribution in [0.25, 0.3) is 0 Å². The zero-order chi connectivity index (χ0) is 11.5. The van der Waals surface area contributed by atoms with E-state index in [4.69, 9.17) is 0 Å². The first kappa shape index (κ1) is 12.5. The third-order valence-electron chi connectivity index (χ3n) is 2.93. The molecule has 0 spiro atoms. The Morgan fingerprint density at radius 1 is 1.20 bits per heavy atom. The molecular weight excluding hydrogens is 192 g/mol. The molecule has 15 heavy (non-hydrogen) atoms. The van der Waals surface area contributed by atoms with Crippen LogP contribution in [0.1, 0.15) is 52.9 Å². The van der Waals surface area contributed by atoms with Crippen molar-refractivity contribution in [1.29, 1.82) is 0 Å². The first-order valence-electron chi connectivity index (χ1n) is 5.71. The van der Waals surface area contributed by atoms with Gasteiger partial charge in [-0.1, -0.05) is 26.2 Å². The molecule has 4 nitrogen and oxygen atoms in total. The first-order valence-corrected chi connectivity index (χ1v) is 5.71. The minimum Gasteiger partial charge on any atom is -0.367 e. The Kier molecular flexibility index (Phi) is 3.73. The summed E-state index contributed by atoms with van der Waals surface area (Å²) in [6.07, 6.45) is 5.44. The van der Waals surface area contributed by atoms with Crippen LogP contribution < -0.4 is 5.32 Å². The van der Waals surface area contributed by atoms with Gasteiger partial charge >= 0.3 is 0 Å². The molecule has 0 fully saturated rings. The fourth-order valence-corrected chi connectivity index (χ4v) is 1.64. The second-order valence-electron chi connectivity index (χ2n) is 4.59. The lowest BCUT2D eigenvalue weighted by Gasteiger charge is -2.29. The lowest BCUT2D eigenvalue weighted by molar-refractivity contribution is -0.122. The van der Waals surface area contributed by atoms with Gasteiger partial charge in [-0.2, -0.15) is 0 Å². The fraction of sp³-hybridized carbons (Fsp3) is 0.909. The number of nitrogens with zero attached hydrogens (tertiary/aromatic N) is 1. The first-order chi connectivity index (χ1) is 6.89. The molecule has 0 saturated heterocycles. The third kappa shape index (κ3) is 2.92. The van der Waals surface area contributed by atoms with Crippen molar-refractivity contribution in [1.82, 2.24) is 5.32 Å². The average Bonchev–Trinajstić information content (AvgIpc) is 2.30. The lowest BCUT2D eigenvalue weighted by atomic mass is 10.1. The maximum absolute atomic E-state index is 9.82. The second-order valence-corrected chi connectivity index (χ2v) is 4.59. The summed E-state index contributed by atoms with van der Waals surface area (Å²) in [7, 11) is 0. The molecule has 4 heteroatoms. The van der Waals surface area contributed by atoms with Crippen LogP contribution >= 0.6 is 0 Å². The van der Waals surface area contributed by atoms with E-state index in [1.807, 2.05) is 0 Å². The van der Waals surface area contributed by atoms with Gasteiger partial charge in [0.1, 0.15) is 5.84 Å². The van der Waals surface area contributed by atoms with E-state index >= 15 is 0 Å². The predicted octanol–water partition coefficient (Wildman–Crippen LogP) is 1.38. The van der Waals surface area contributed by atoms with Gasteiger partial charge in [-0.15, -0.1) is 0 Å². The van der Waals surface area contributed by atoms with E-state index in [-0.39, 0.29) is 0 Å². The number of aliphatic imine (C=N–C) groups is 1. The Hall–Kier alpha value is -0.610. The minimum atomic E-state index is -1.41. The molecule has 0 saturated carbocycles. The highest BCUT2D eigenvalue weighted by Crippen LogP contribution is 2.26. The Morgan fingerprint density at radius 3 is 2.33 bits per heavy atom. The standard InChI is InChI=1S/C11H22N2O2/c1-4-5-6-7-8-9-12-10(2,14)11(3,15)13-9/h14-15H,4-8H2,1-3H3,(H,12,13). The topological polar surface area (TPSA) is 64.9 Å². The summed E-state index contributed by atoms with van der Waals surface area (Å²) >= 11 is 0. The number of aliphatic hydroxyl groups is 2. The van der Waals surface area contributed by atoms with E-state index in [1.54, 1.807) is 0 Å². The summed E-state index contributed by atoms with van der Waals surface area (Å²) < 4.78 is 0. The van der Waals surface area contributed by atoms with Crippen LogP contribution in [-0.2, 0) is 0 Å². The van der Waals surface area contributed by atoms with Crippen molar-refractivity contribution >= 4 is 5.84 Å². The van der Waals surface area contributed by atoms with Gasteiger partial charge in [0.05, 0.1) is 0 Å². The largest absolute Gasteiger partial charge is 0.367 e. The van der Waals surface area contributed by atoms with Crippen LogP contribution in [0.5, 0.6) is 0 Å². The molecule has 0 aromatic heterocycles. The highest BCUT2D eigenvalue weighted by Gasteiger charge is 2.47. The van der Waals surface area contributed by atoms with Crippen molar-refractivity contribution < 1.29 is 10.2 Å². The molecule has 2 atom stereocenters. The number of hydrogen-bond donors (Lipinski definition) is 3. The average molecular weight is 214 g/mol. The number of unbranched alkanes of at least 4 members (excludes halogenated alkanes) is 3. The molecule has 1 aliphatic heterocycles. The van der Waals surface area contributed by atoms with Crippen LogP contribution in [0.3, 0.4) is 0 Å². The number of rotatable bonds is 5. The fourth-order valence-electron chi connectivity index (χ4n) is 1.64. The summed E-state index contributed by atoms with van der Waals surface area (Å²) in [6.45, 7) is 5.22. The summed E-state index contributed by atoms with van der Waals surface area (Å²) in [4.78, 5) is 4.08. The molecule has 3 N–H and O–H groups in total. The molecule has 1 heterocycles. The van der Waals surface area contributed by atoms with Gasteiger partial charge in [0.15, 0.2) is 5.72 Å². The maximum Gasteiger partial charge on any atom is 0.202 e. The monoisotopic (exact) mass is 214 g/mol. The van der Waals surface area contributed by atoms with E-state index < -0.39 is 11.4 Å². The van der Waals surface area contributed by atoms with Gasteiger partial charge in [-0.3, -0.25) is 0 Å². The Balaban J connectivity index is 2.40. The molecule has 0 bridgehead atoms. The summed E-state index contributed by atoms with van der Waals surface area (Å²) in [6, 6.07) is 0. The minimum absolute atomic E-state index is 0.709. The van der Waals surface area contributed by atoms with Crippen LogP contribution in [-0.4, -0.2) is 27.5 Å².